The average molecular weight is 401 g/mol. The van der Waals surface area contributed by atoms with Gasteiger partial charge in [0.05, 0.1) is 0 Å². The highest BCUT2D eigenvalue weighted by molar-refractivity contribution is 5.83. The molecule has 0 rings (SSSR count). The molecule has 0 atom stereocenters. The van der Waals surface area contributed by atoms with Gasteiger partial charge in [-0.05, 0) is 51.7 Å². The Morgan fingerprint density at radius 1 is 0.857 bits per heavy atom. The number of hydrogen-bond donors (Lipinski definition) is 6. The second-order valence-corrected chi connectivity index (χ2v) is 6.76. The molecule has 164 valence electrons. The fourth-order valence-corrected chi connectivity index (χ4v) is 2.43. The lowest BCUT2D eigenvalue weighted by molar-refractivity contribution is -0.121. The SMILES string of the molecule is CN(CC(=O)NCCCCCCN=C(N)N)C(=O)NCCCCNCCCN. The van der Waals surface area contributed by atoms with E-state index >= 15 is 0 Å². The number of nitrogens with two attached hydrogens (primary N) is 3. The second kappa shape index (κ2) is 18.3. The third-order valence-corrected chi connectivity index (χ3v) is 4.04. The van der Waals surface area contributed by atoms with E-state index in [2.05, 4.69) is 20.9 Å². The lowest BCUT2D eigenvalue weighted by Crippen LogP contribution is -2.43. The number of amides is 3. The third kappa shape index (κ3) is 17.3. The van der Waals surface area contributed by atoms with Gasteiger partial charge in [-0.1, -0.05) is 12.8 Å². The van der Waals surface area contributed by atoms with Crippen molar-refractivity contribution in [2.45, 2.75) is 44.9 Å². The van der Waals surface area contributed by atoms with Crippen molar-refractivity contribution in [1.29, 1.82) is 0 Å². The van der Waals surface area contributed by atoms with Crippen molar-refractivity contribution in [2.75, 3.05) is 52.9 Å². The van der Waals surface area contributed by atoms with Crippen molar-refractivity contribution in [3.05, 3.63) is 0 Å². The zero-order chi connectivity index (χ0) is 21.0. The zero-order valence-electron chi connectivity index (χ0n) is 17.3. The van der Waals surface area contributed by atoms with E-state index in [1.165, 1.54) is 4.90 Å². The average Bonchev–Trinajstić information content (AvgIpc) is 2.65. The smallest absolute Gasteiger partial charge is 0.317 e. The van der Waals surface area contributed by atoms with Gasteiger partial charge in [-0.15, -0.1) is 0 Å². The number of aliphatic imine (C=N–C) groups is 1. The molecule has 0 fully saturated rings. The predicted octanol–water partition coefficient (Wildman–Crippen LogP) is -0.704. The quantitative estimate of drug-likeness (QED) is 0.107. The normalized spacial score (nSPS) is 10.4. The second-order valence-electron chi connectivity index (χ2n) is 6.76. The number of nitrogens with zero attached hydrogens (tertiary/aromatic N) is 2. The molecule has 0 radical (unpaired) electrons. The Kier molecular flexibility index (Phi) is 16.9. The number of carbonyl (C=O) groups is 2. The van der Waals surface area contributed by atoms with Crippen LogP contribution in [0, 0.1) is 0 Å². The molecular weight excluding hydrogens is 360 g/mol. The molecule has 0 aliphatic carbocycles. The van der Waals surface area contributed by atoms with Crippen LogP contribution in [0.2, 0.25) is 0 Å². The molecule has 0 heterocycles. The third-order valence-electron chi connectivity index (χ3n) is 4.04. The zero-order valence-corrected chi connectivity index (χ0v) is 17.3. The Morgan fingerprint density at radius 3 is 2.18 bits per heavy atom. The molecule has 10 nitrogen and oxygen atoms in total. The molecule has 0 aromatic rings. The predicted molar refractivity (Wildman–Crippen MR) is 114 cm³/mol. The van der Waals surface area contributed by atoms with Gasteiger partial charge in [0.25, 0.3) is 0 Å². The van der Waals surface area contributed by atoms with Gasteiger partial charge in [0.1, 0.15) is 6.54 Å². The first-order valence-electron chi connectivity index (χ1n) is 10.2. The Balaban J connectivity index is 3.57. The molecule has 0 aliphatic rings. The Morgan fingerprint density at radius 2 is 1.46 bits per heavy atom. The number of carbonyl (C=O) groups excluding carboxylic acids is 2. The standard InChI is InChI=1S/C18H40N8O2/c1-26(18(28)25-14-7-6-10-22-11-8-9-19)15-16(27)23-12-4-2-3-5-13-24-17(20)21/h22H,2-15,19H2,1H3,(H,23,27)(H,25,28)(H4,20,21,24). The van der Waals surface area contributed by atoms with E-state index < -0.39 is 0 Å². The van der Waals surface area contributed by atoms with E-state index in [4.69, 9.17) is 17.2 Å². The van der Waals surface area contributed by atoms with Crippen LogP contribution < -0.4 is 33.2 Å². The van der Waals surface area contributed by atoms with E-state index in [0.29, 0.717) is 26.2 Å². The summed E-state index contributed by atoms with van der Waals surface area (Å²) in [6.45, 7) is 4.44. The molecule has 0 aromatic carbocycles. The highest BCUT2D eigenvalue weighted by atomic mass is 16.2. The van der Waals surface area contributed by atoms with Crippen LogP contribution in [0.3, 0.4) is 0 Å². The van der Waals surface area contributed by atoms with Crippen molar-refractivity contribution in [3.8, 4) is 0 Å². The van der Waals surface area contributed by atoms with Crippen LogP contribution in [0.4, 0.5) is 4.79 Å². The van der Waals surface area contributed by atoms with Crippen LogP contribution in [-0.2, 0) is 4.79 Å². The Bertz CT molecular complexity index is 441. The van der Waals surface area contributed by atoms with Gasteiger partial charge in [0, 0.05) is 26.7 Å². The molecule has 0 saturated heterocycles. The number of nitrogens with one attached hydrogen (secondary N) is 3. The van der Waals surface area contributed by atoms with Crippen molar-refractivity contribution in [3.63, 3.8) is 0 Å². The van der Waals surface area contributed by atoms with Crippen molar-refractivity contribution < 1.29 is 9.59 Å². The molecule has 0 bridgehead atoms. The molecule has 3 amide bonds. The number of guanidine groups is 1. The number of rotatable bonds is 17. The molecule has 10 heteroatoms. The monoisotopic (exact) mass is 400 g/mol. The molecule has 0 aliphatic heterocycles. The summed E-state index contributed by atoms with van der Waals surface area (Å²) >= 11 is 0. The maximum atomic E-state index is 12.0. The lowest BCUT2D eigenvalue weighted by Gasteiger charge is -2.17. The number of urea groups is 1. The number of unbranched alkanes of at least 4 members (excludes halogenated alkanes) is 4. The minimum atomic E-state index is -0.231. The summed E-state index contributed by atoms with van der Waals surface area (Å²) in [5.41, 5.74) is 15.9. The molecular formula is C18H40N8O2. The summed E-state index contributed by atoms with van der Waals surface area (Å²) < 4.78 is 0. The summed E-state index contributed by atoms with van der Waals surface area (Å²) in [6, 6.07) is -0.231. The maximum absolute atomic E-state index is 12.0. The number of likely N-dealkylation sites (N-methyl/N-ethyl adjacent to an activating group) is 1. The topological polar surface area (TPSA) is 164 Å². The summed E-state index contributed by atoms with van der Waals surface area (Å²) in [7, 11) is 1.62. The van der Waals surface area contributed by atoms with Gasteiger partial charge in [-0.2, -0.15) is 0 Å². The summed E-state index contributed by atoms with van der Waals surface area (Å²) in [6.07, 6.45) is 6.69. The van der Waals surface area contributed by atoms with E-state index in [1.54, 1.807) is 7.05 Å². The van der Waals surface area contributed by atoms with E-state index in [1.807, 2.05) is 0 Å². The van der Waals surface area contributed by atoms with Crippen LogP contribution in [0.1, 0.15) is 44.9 Å². The van der Waals surface area contributed by atoms with Crippen LogP contribution in [0.15, 0.2) is 4.99 Å². The van der Waals surface area contributed by atoms with Crippen LogP contribution in [-0.4, -0.2) is 75.7 Å². The molecule has 0 aromatic heterocycles. The summed E-state index contributed by atoms with van der Waals surface area (Å²) in [5, 5.41) is 8.95. The minimum Gasteiger partial charge on any atom is -0.370 e. The van der Waals surface area contributed by atoms with Crippen molar-refractivity contribution >= 4 is 17.9 Å². The van der Waals surface area contributed by atoms with Crippen LogP contribution >= 0.6 is 0 Å². The van der Waals surface area contributed by atoms with E-state index in [-0.39, 0.29) is 24.4 Å². The maximum Gasteiger partial charge on any atom is 0.317 e. The Labute approximate surface area is 169 Å². The van der Waals surface area contributed by atoms with Gasteiger partial charge >= 0.3 is 6.03 Å². The highest BCUT2D eigenvalue weighted by Crippen LogP contribution is 1.99. The van der Waals surface area contributed by atoms with E-state index in [0.717, 1.165) is 58.0 Å². The van der Waals surface area contributed by atoms with Crippen LogP contribution in [0.25, 0.3) is 0 Å². The first-order valence-corrected chi connectivity index (χ1v) is 10.2. The number of hydrogen-bond acceptors (Lipinski definition) is 5. The molecule has 0 unspecified atom stereocenters. The fourth-order valence-electron chi connectivity index (χ4n) is 2.43. The first-order chi connectivity index (χ1) is 13.5. The van der Waals surface area contributed by atoms with Gasteiger partial charge < -0.3 is 38.1 Å². The lowest BCUT2D eigenvalue weighted by atomic mass is 10.2. The fraction of sp³-hybridized carbons (Fsp3) is 0.833. The summed E-state index contributed by atoms with van der Waals surface area (Å²) in [4.78, 5) is 29.1. The summed E-state index contributed by atoms with van der Waals surface area (Å²) in [5.74, 6) is -0.0296. The van der Waals surface area contributed by atoms with Crippen molar-refractivity contribution in [1.82, 2.24) is 20.9 Å². The van der Waals surface area contributed by atoms with E-state index in [9.17, 15) is 9.59 Å². The molecule has 0 saturated carbocycles. The minimum absolute atomic E-state index is 0.0525. The first kappa shape index (κ1) is 25.9. The van der Waals surface area contributed by atoms with Crippen LogP contribution in [0.5, 0.6) is 0 Å². The van der Waals surface area contributed by atoms with Gasteiger partial charge in [-0.25, -0.2) is 4.79 Å². The van der Waals surface area contributed by atoms with Gasteiger partial charge in [-0.3, -0.25) is 9.79 Å². The van der Waals surface area contributed by atoms with Gasteiger partial charge in [0.15, 0.2) is 5.96 Å². The van der Waals surface area contributed by atoms with Gasteiger partial charge in [0.2, 0.25) is 5.91 Å². The molecule has 28 heavy (non-hydrogen) atoms. The Hall–Kier alpha value is -2.07. The highest BCUT2D eigenvalue weighted by Gasteiger charge is 2.11. The molecule has 0 spiro atoms. The molecule has 9 N–H and O–H groups in total. The van der Waals surface area contributed by atoms with Crippen molar-refractivity contribution in [2.24, 2.45) is 22.2 Å². The largest absolute Gasteiger partial charge is 0.370 e.